The van der Waals surface area contributed by atoms with Crippen LogP contribution < -0.4 is 5.32 Å². The van der Waals surface area contributed by atoms with Crippen LogP contribution in [0.3, 0.4) is 0 Å². The van der Waals surface area contributed by atoms with Crippen molar-refractivity contribution in [1.82, 2.24) is 10.2 Å². The normalized spacial score (nSPS) is 20.3. The molecule has 4 heteroatoms. The van der Waals surface area contributed by atoms with E-state index in [0.29, 0.717) is 6.04 Å². The number of rotatable bonds is 5. The summed E-state index contributed by atoms with van der Waals surface area (Å²) in [7, 11) is 2.12. The Kier molecular flexibility index (Phi) is 5.47. The first-order chi connectivity index (χ1) is 8.74. The molecule has 100 valence electrons. The van der Waals surface area contributed by atoms with Gasteiger partial charge in [0, 0.05) is 30.6 Å². The van der Waals surface area contributed by atoms with Gasteiger partial charge in [0.05, 0.1) is 0 Å². The van der Waals surface area contributed by atoms with Crippen LogP contribution in [0.15, 0.2) is 24.3 Å². The first-order valence-electron chi connectivity index (χ1n) is 6.48. The van der Waals surface area contributed by atoms with Crippen LogP contribution in [0.25, 0.3) is 0 Å². The molecule has 0 saturated carbocycles. The van der Waals surface area contributed by atoms with Gasteiger partial charge in [0.1, 0.15) is 5.82 Å². The molecule has 1 heterocycles. The Morgan fingerprint density at radius 3 is 2.83 bits per heavy atom. The average Bonchev–Trinajstić information content (AvgIpc) is 2.40. The third-order valence-electron chi connectivity index (χ3n) is 3.22. The van der Waals surface area contributed by atoms with E-state index in [0.717, 1.165) is 19.6 Å². The van der Waals surface area contributed by atoms with Crippen LogP contribution in [0, 0.1) is 5.82 Å². The Labute approximate surface area is 113 Å². The van der Waals surface area contributed by atoms with E-state index in [-0.39, 0.29) is 5.82 Å². The van der Waals surface area contributed by atoms with Crippen LogP contribution in [0.2, 0.25) is 0 Å². The van der Waals surface area contributed by atoms with Crippen molar-refractivity contribution in [3.63, 3.8) is 0 Å². The number of thioether (sulfide) groups is 1. The molecule has 1 aromatic rings. The van der Waals surface area contributed by atoms with Gasteiger partial charge in [-0.2, -0.15) is 11.8 Å². The fourth-order valence-corrected chi connectivity index (χ4v) is 3.16. The summed E-state index contributed by atoms with van der Waals surface area (Å²) in [4.78, 5) is 2.30. The highest BCUT2D eigenvalue weighted by Gasteiger charge is 2.13. The quantitative estimate of drug-likeness (QED) is 0.882. The molecule has 18 heavy (non-hydrogen) atoms. The highest BCUT2D eigenvalue weighted by Crippen LogP contribution is 2.11. The SMILES string of the molecule is CN(CCC1CSCCN1)Cc1ccc(F)cc1. The lowest BCUT2D eigenvalue weighted by Gasteiger charge is -2.25. The minimum absolute atomic E-state index is 0.162. The van der Waals surface area contributed by atoms with E-state index in [9.17, 15) is 4.39 Å². The van der Waals surface area contributed by atoms with Crippen molar-refractivity contribution in [2.75, 3.05) is 31.6 Å². The number of hydrogen-bond donors (Lipinski definition) is 1. The first-order valence-corrected chi connectivity index (χ1v) is 7.63. The highest BCUT2D eigenvalue weighted by atomic mass is 32.2. The zero-order valence-electron chi connectivity index (χ0n) is 10.9. The molecule has 0 spiro atoms. The van der Waals surface area contributed by atoms with E-state index in [4.69, 9.17) is 0 Å². The Hall–Kier alpha value is -0.580. The van der Waals surface area contributed by atoms with Crippen molar-refractivity contribution in [1.29, 1.82) is 0 Å². The maximum atomic E-state index is 12.8. The summed E-state index contributed by atoms with van der Waals surface area (Å²) < 4.78 is 12.8. The average molecular weight is 268 g/mol. The van der Waals surface area contributed by atoms with Crippen molar-refractivity contribution in [2.45, 2.75) is 19.0 Å². The summed E-state index contributed by atoms with van der Waals surface area (Å²) in [6.45, 7) is 3.10. The lowest BCUT2D eigenvalue weighted by atomic mass is 10.2. The van der Waals surface area contributed by atoms with Gasteiger partial charge in [0.25, 0.3) is 0 Å². The molecule has 1 atom stereocenters. The van der Waals surface area contributed by atoms with E-state index in [2.05, 4.69) is 17.3 Å². The van der Waals surface area contributed by atoms with Crippen molar-refractivity contribution in [2.24, 2.45) is 0 Å². The molecule has 1 N–H and O–H groups in total. The number of benzene rings is 1. The molecule has 1 unspecified atom stereocenters. The standard InChI is InChI=1S/C14H21FN2S/c1-17(8-6-14-11-18-9-7-16-14)10-12-2-4-13(15)5-3-12/h2-5,14,16H,6-11H2,1H3. The molecule has 0 aromatic heterocycles. The summed E-state index contributed by atoms with van der Waals surface area (Å²) in [5.74, 6) is 2.30. The molecule has 2 nitrogen and oxygen atoms in total. The third-order valence-corrected chi connectivity index (χ3v) is 4.35. The van der Waals surface area contributed by atoms with Crippen LogP contribution in [0.1, 0.15) is 12.0 Å². The molecule has 1 aromatic carbocycles. The van der Waals surface area contributed by atoms with Gasteiger partial charge in [-0.05, 0) is 37.7 Å². The summed E-state index contributed by atoms with van der Waals surface area (Å²) >= 11 is 2.04. The predicted octanol–water partition coefficient (Wildman–Crippen LogP) is 2.35. The zero-order chi connectivity index (χ0) is 12.8. The maximum Gasteiger partial charge on any atom is 0.123 e. The maximum absolute atomic E-state index is 12.8. The summed E-state index contributed by atoms with van der Waals surface area (Å²) in [5.41, 5.74) is 1.17. The Balaban J connectivity index is 1.71. The minimum atomic E-state index is -0.162. The van der Waals surface area contributed by atoms with E-state index >= 15 is 0 Å². The monoisotopic (exact) mass is 268 g/mol. The molecular formula is C14H21FN2S. The van der Waals surface area contributed by atoms with Gasteiger partial charge in [0.2, 0.25) is 0 Å². The molecule has 1 aliphatic heterocycles. The van der Waals surface area contributed by atoms with Gasteiger partial charge in [0.15, 0.2) is 0 Å². The first kappa shape index (κ1) is 13.8. The fraction of sp³-hybridized carbons (Fsp3) is 0.571. The van der Waals surface area contributed by atoms with Gasteiger partial charge in [-0.3, -0.25) is 0 Å². The second kappa shape index (κ2) is 7.12. The van der Waals surface area contributed by atoms with E-state index in [1.54, 1.807) is 0 Å². The smallest absolute Gasteiger partial charge is 0.123 e. The molecule has 0 amide bonds. The second-order valence-corrected chi connectivity index (χ2v) is 6.03. The van der Waals surface area contributed by atoms with Crippen LogP contribution in [-0.4, -0.2) is 42.6 Å². The molecule has 0 aliphatic carbocycles. The summed E-state index contributed by atoms with van der Waals surface area (Å²) in [5, 5.41) is 3.55. The molecule has 1 fully saturated rings. The van der Waals surface area contributed by atoms with Gasteiger partial charge >= 0.3 is 0 Å². The highest BCUT2D eigenvalue weighted by molar-refractivity contribution is 7.99. The van der Waals surface area contributed by atoms with Crippen molar-refractivity contribution >= 4 is 11.8 Å². The number of hydrogen-bond acceptors (Lipinski definition) is 3. The Morgan fingerprint density at radius 2 is 2.17 bits per heavy atom. The van der Waals surface area contributed by atoms with Gasteiger partial charge < -0.3 is 10.2 Å². The number of halogens is 1. The van der Waals surface area contributed by atoms with Crippen LogP contribution in [0.5, 0.6) is 0 Å². The number of nitrogens with zero attached hydrogens (tertiary/aromatic N) is 1. The molecule has 2 rings (SSSR count). The van der Waals surface area contributed by atoms with E-state index in [1.807, 2.05) is 23.9 Å². The molecule has 1 aliphatic rings. The topological polar surface area (TPSA) is 15.3 Å². The molecular weight excluding hydrogens is 247 g/mol. The van der Waals surface area contributed by atoms with Crippen LogP contribution in [-0.2, 0) is 6.54 Å². The lowest BCUT2D eigenvalue weighted by molar-refractivity contribution is 0.305. The third kappa shape index (κ3) is 4.59. The van der Waals surface area contributed by atoms with Crippen molar-refractivity contribution in [3.05, 3.63) is 35.6 Å². The predicted molar refractivity (Wildman–Crippen MR) is 76.5 cm³/mol. The number of nitrogens with one attached hydrogen (secondary N) is 1. The molecule has 0 radical (unpaired) electrons. The Morgan fingerprint density at radius 1 is 1.39 bits per heavy atom. The van der Waals surface area contributed by atoms with Crippen LogP contribution in [0.4, 0.5) is 4.39 Å². The summed E-state index contributed by atoms with van der Waals surface area (Å²) in [6.07, 6.45) is 1.19. The summed E-state index contributed by atoms with van der Waals surface area (Å²) in [6, 6.07) is 7.44. The lowest BCUT2D eigenvalue weighted by Crippen LogP contribution is -2.39. The fourth-order valence-electron chi connectivity index (χ4n) is 2.16. The zero-order valence-corrected chi connectivity index (χ0v) is 11.7. The molecule has 0 bridgehead atoms. The second-order valence-electron chi connectivity index (χ2n) is 4.88. The van der Waals surface area contributed by atoms with Gasteiger partial charge in [-0.15, -0.1) is 0 Å². The molecule has 1 saturated heterocycles. The van der Waals surface area contributed by atoms with Crippen molar-refractivity contribution < 1.29 is 4.39 Å². The van der Waals surface area contributed by atoms with E-state index < -0.39 is 0 Å². The minimum Gasteiger partial charge on any atom is -0.312 e. The Bertz CT molecular complexity index is 349. The van der Waals surface area contributed by atoms with Crippen LogP contribution >= 0.6 is 11.8 Å². The van der Waals surface area contributed by atoms with Crippen molar-refractivity contribution in [3.8, 4) is 0 Å². The van der Waals surface area contributed by atoms with E-state index in [1.165, 1.54) is 35.6 Å². The van der Waals surface area contributed by atoms with Gasteiger partial charge in [-0.25, -0.2) is 4.39 Å². The van der Waals surface area contributed by atoms with Gasteiger partial charge in [-0.1, -0.05) is 12.1 Å². The largest absolute Gasteiger partial charge is 0.312 e.